The SMILES string of the molecule is COc1ccc(CNc2cc(C(=O)Nc3ccccc3C)nc(C)n2)cc1. The number of nitrogens with zero attached hydrogens (tertiary/aromatic N) is 2. The number of ether oxygens (including phenoxy) is 1. The van der Waals surface area contributed by atoms with Crippen molar-refractivity contribution in [2.45, 2.75) is 20.4 Å². The molecule has 0 bridgehead atoms. The summed E-state index contributed by atoms with van der Waals surface area (Å²) in [5.74, 6) is 1.69. The maximum Gasteiger partial charge on any atom is 0.274 e. The highest BCUT2D eigenvalue weighted by Crippen LogP contribution is 2.16. The van der Waals surface area contributed by atoms with Crippen molar-refractivity contribution >= 4 is 17.4 Å². The molecule has 0 atom stereocenters. The largest absolute Gasteiger partial charge is 0.497 e. The average molecular weight is 362 g/mol. The number of nitrogens with one attached hydrogen (secondary N) is 2. The van der Waals surface area contributed by atoms with Gasteiger partial charge < -0.3 is 15.4 Å². The molecule has 2 aromatic carbocycles. The number of para-hydroxylation sites is 1. The summed E-state index contributed by atoms with van der Waals surface area (Å²) in [7, 11) is 1.64. The van der Waals surface area contributed by atoms with Crippen LogP contribution in [0.1, 0.15) is 27.4 Å². The lowest BCUT2D eigenvalue weighted by molar-refractivity contribution is 0.102. The maximum atomic E-state index is 12.6. The quantitative estimate of drug-likeness (QED) is 0.694. The number of aryl methyl sites for hydroxylation is 2. The first-order chi connectivity index (χ1) is 13.0. The van der Waals surface area contributed by atoms with Gasteiger partial charge in [-0.2, -0.15) is 0 Å². The number of benzene rings is 2. The number of anilines is 2. The summed E-state index contributed by atoms with van der Waals surface area (Å²) in [6.07, 6.45) is 0. The van der Waals surface area contributed by atoms with Gasteiger partial charge in [0.05, 0.1) is 7.11 Å². The van der Waals surface area contributed by atoms with E-state index in [2.05, 4.69) is 20.6 Å². The summed E-state index contributed by atoms with van der Waals surface area (Å²) in [4.78, 5) is 21.2. The van der Waals surface area contributed by atoms with Crippen LogP contribution in [-0.2, 0) is 6.54 Å². The second-order valence-corrected chi connectivity index (χ2v) is 6.16. The highest BCUT2D eigenvalue weighted by molar-refractivity contribution is 6.03. The summed E-state index contributed by atoms with van der Waals surface area (Å²) in [6.45, 7) is 4.30. The van der Waals surface area contributed by atoms with Crippen LogP contribution in [0.15, 0.2) is 54.6 Å². The Hall–Kier alpha value is -3.41. The van der Waals surface area contributed by atoms with Gasteiger partial charge in [-0.3, -0.25) is 4.79 Å². The van der Waals surface area contributed by atoms with Crippen LogP contribution in [0.25, 0.3) is 0 Å². The summed E-state index contributed by atoms with van der Waals surface area (Å²) in [6, 6.07) is 17.1. The summed E-state index contributed by atoms with van der Waals surface area (Å²) in [5, 5.41) is 6.13. The second kappa shape index (κ2) is 8.31. The second-order valence-electron chi connectivity index (χ2n) is 6.16. The Balaban J connectivity index is 1.71. The minimum atomic E-state index is -0.262. The molecule has 3 rings (SSSR count). The van der Waals surface area contributed by atoms with Crippen molar-refractivity contribution in [1.29, 1.82) is 0 Å². The van der Waals surface area contributed by atoms with E-state index >= 15 is 0 Å². The summed E-state index contributed by atoms with van der Waals surface area (Å²) in [5.41, 5.74) is 3.17. The van der Waals surface area contributed by atoms with Gasteiger partial charge in [-0.05, 0) is 43.2 Å². The Morgan fingerprint density at radius 2 is 1.78 bits per heavy atom. The van der Waals surface area contributed by atoms with Crippen molar-refractivity contribution < 1.29 is 9.53 Å². The standard InChI is InChI=1S/C21H22N4O2/c1-14-6-4-5-7-18(14)25-21(26)19-12-20(24-15(2)23-19)22-13-16-8-10-17(27-3)11-9-16/h4-12H,13H2,1-3H3,(H,25,26)(H,22,23,24). The number of carbonyl (C=O) groups excluding carboxylic acids is 1. The Labute approximate surface area is 158 Å². The van der Waals surface area contributed by atoms with Gasteiger partial charge in [0.25, 0.3) is 5.91 Å². The van der Waals surface area contributed by atoms with Crippen molar-refractivity contribution in [3.05, 3.63) is 77.2 Å². The van der Waals surface area contributed by atoms with E-state index < -0.39 is 0 Å². The van der Waals surface area contributed by atoms with Gasteiger partial charge in [0, 0.05) is 18.3 Å². The third-order valence-corrected chi connectivity index (χ3v) is 4.10. The molecule has 1 amide bonds. The number of carbonyl (C=O) groups is 1. The number of methoxy groups -OCH3 is 1. The van der Waals surface area contributed by atoms with Crippen molar-refractivity contribution in [2.24, 2.45) is 0 Å². The molecule has 0 unspecified atom stereocenters. The monoisotopic (exact) mass is 362 g/mol. The predicted molar refractivity (Wildman–Crippen MR) is 106 cm³/mol. The van der Waals surface area contributed by atoms with Gasteiger partial charge in [-0.25, -0.2) is 9.97 Å². The van der Waals surface area contributed by atoms with Gasteiger partial charge in [-0.1, -0.05) is 30.3 Å². The first-order valence-electron chi connectivity index (χ1n) is 8.64. The molecular formula is C21H22N4O2. The van der Waals surface area contributed by atoms with Crippen LogP contribution in [-0.4, -0.2) is 23.0 Å². The van der Waals surface area contributed by atoms with Crippen LogP contribution < -0.4 is 15.4 Å². The number of aromatic nitrogens is 2. The summed E-state index contributed by atoms with van der Waals surface area (Å²) < 4.78 is 5.16. The first kappa shape index (κ1) is 18.4. The Bertz CT molecular complexity index is 939. The van der Waals surface area contributed by atoms with Crippen molar-refractivity contribution in [2.75, 3.05) is 17.7 Å². The van der Waals surface area contributed by atoms with Gasteiger partial charge >= 0.3 is 0 Å². The molecule has 0 aliphatic rings. The Kier molecular flexibility index (Phi) is 5.66. The molecule has 0 saturated carbocycles. The molecule has 6 heteroatoms. The van der Waals surface area contributed by atoms with Crippen molar-refractivity contribution in [1.82, 2.24) is 9.97 Å². The minimum Gasteiger partial charge on any atom is -0.497 e. The molecule has 3 aromatic rings. The van der Waals surface area contributed by atoms with Crippen LogP contribution in [0.5, 0.6) is 5.75 Å². The zero-order valence-electron chi connectivity index (χ0n) is 15.6. The van der Waals surface area contributed by atoms with Gasteiger partial charge in [0.2, 0.25) is 0 Å². The van der Waals surface area contributed by atoms with E-state index in [1.807, 2.05) is 55.5 Å². The Morgan fingerprint density at radius 3 is 2.48 bits per heavy atom. The molecule has 1 aromatic heterocycles. The van der Waals surface area contributed by atoms with Crippen LogP contribution in [0.4, 0.5) is 11.5 Å². The number of rotatable bonds is 6. The highest BCUT2D eigenvalue weighted by atomic mass is 16.5. The minimum absolute atomic E-state index is 0.262. The van der Waals surface area contributed by atoms with E-state index in [4.69, 9.17) is 4.74 Å². The normalized spacial score (nSPS) is 10.3. The number of hydrogen-bond acceptors (Lipinski definition) is 5. The van der Waals surface area contributed by atoms with Crippen LogP contribution in [0.2, 0.25) is 0 Å². The molecule has 0 radical (unpaired) electrons. The van der Waals surface area contributed by atoms with E-state index in [0.717, 1.165) is 22.6 Å². The van der Waals surface area contributed by atoms with E-state index in [9.17, 15) is 4.79 Å². The fraction of sp³-hybridized carbons (Fsp3) is 0.190. The van der Waals surface area contributed by atoms with Crippen LogP contribution in [0.3, 0.4) is 0 Å². The van der Waals surface area contributed by atoms with Crippen LogP contribution in [0, 0.1) is 13.8 Å². The first-order valence-corrected chi connectivity index (χ1v) is 8.64. The molecule has 6 nitrogen and oxygen atoms in total. The fourth-order valence-electron chi connectivity index (χ4n) is 2.61. The van der Waals surface area contributed by atoms with Crippen molar-refractivity contribution in [3.63, 3.8) is 0 Å². The number of hydrogen-bond donors (Lipinski definition) is 2. The molecule has 0 aliphatic carbocycles. The van der Waals surface area contributed by atoms with E-state index in [1.165, 1.54) is 0 Å². The smallest absolute Gasteiger partial charge is 0.274 e. The topological polar surface area (TPSA) is 76.1 Å². The molecule has 2 N–H and O–H groups in total. The number of amides is 1. The zero-order chi connectivity index (χ0) is 19.2. The molecule has 0 spiro atoms. The predicted octanol–water partition coefficient (Wildman–Crippen LogP) is 3.97. The third kappa shape index (κ3) is 4.82. The van der Waals surface area contributed by atoms with Gasteiger partial charge in [0.1, 0.15) is 23.1 Å². The van der Waals surface area contributed by atoms with E-state index in [0.29, 0.717) is 23.9 Å². The fourth-order valence-corrected chi connectivity index (χ4v) is 2.61. The lowest BCUT2D eigenvalue weighted by Crippen LogP contribution is -2.16. The molecule has 0 saturated heterocycles. The zero-order valence-corrected chi connectivity index (χ0v) is 15.6. The van der Waals surface area contributed by atoms with Gasteiger partial charge in [0.15, 0.2) is 0 Å². The Morgan fingerprint density at radius 1 is 1.04 bits per heavy atom. The van der Waals surface area contributed by atoms with Crippen molar-refractivity contribution in [3.8, 4) is 5.75 Å². The molecule has 138 valence electrons. The molecule has 27 heavy (non-hydrogen) atoms. The van der Waals surface area contributed by atoms with Crippen LogP contribution >= 0.6 is 0 Å². The van der Waals surface area contributed by atoms with Gasteiger partial charge in [-0.15, -0.1) is 0 Å². The summed E-state index contributed by atoms with van der Waals surface area (Å²) >= 11 is 0. The average Bonchev–Trinajstić information content (AvgIpc) is 2.68. The highest BCUT2D eigenvalue weighted by Gasteiger charge is 2.12. The molecule has 1 heterocycles. The van der Waals surface area contributed by atoms with E-state index in [-0.39, 0.29) is 5.91 Å². The lowest BCUT2D eigenvalue weighted by Gasteiger charge is -2.11. The molecule has 0 fully saturated rings. The van der Waals surface area contributed by atoms with E-state index in [1.54, 1.807) is 20.1 Å². The maximum absolute atomic E-state index is 12.6. The third-order valence-electron chi connectivity index (χ3n) is 4.10. The lowest BCUT2D eigenvalue weighted by atomic mass is 10.2. The molecular weight excluding hydrogens is 340 g/mol. The molecule has 0 aliphatic heterocycles.